The molecule has 0 aromatic carbocycles. The first-order valence-electron chi connectivity index (χ1n) is 8.01. The van der Waals surface area contributed by atoms with E-state index in [1.165, 1.54) is 24.8 Å². The van der Waals surface area contributed by atoms with Crippen molar-refractivity contribution in [3.8, 4) is 0 Å². The molecule has 1 saturated heterocycles. The van der Waals surface area contributed by atoms with Crippen molar-refractivity contribution in [1.82, 2.24) is 0 Å². The fourth-order valence-corrected chi connectivity index (χ4v) is 5.68. The van der Waals surface area contributed by atoms with Crippen LogP contribution in [0.1, 0.15) is 46.0 Å². The quantitative estimate of drug-likeness (QED) is 0.503. The minimum absolute atomic E-state index is 0.0396. The molecule has 3 fully saturated rings. The Hall–Kier alpha value is -0.830. The predicted molar refractivity (Wildman–Crippen MR) is 72.9 cm³/mol. The fraction of sp³-hybridized carbons (Fsp3) is 0.824. The summed E-state index contributed by atoms with van der Waals surface area (Å²) in [6, 6.07) is 0. The van der Waals surface area contributed by atoms with Gasteiger partial charge in [0.25, 0.3) is 0 Å². The molecule has 0 N–H and O–H groups in total. The average Bonchev–Trinajstić information content (AvgIpc) is 3.27. The number of carbonyl (C=O) groups excluding carboxylic acids is 1. The van der Waals surface area contributed by atoms with Crippen molar-refractivity contribution in [3.63, 3.8) is 0 Å². The zero-order valence-corrected chi connectivity index (χ0v) is 12.3. The highest BCUT2D eigenvalue weighted by atomic mass is 16.6. The number of fused-ring (bicyclic) bond motifs is 4. The van der Waals surface area contributed by atoms with E-state index in [4.69, 9.17) is 9.47 Å². The van der Waals surface area contributed by atoms with Crippen LogP contribution in [0.5, 0.6) is 0 Å². The monoisotopic (exact) mass is 274 g/mol. The van der Waals surface area contributed by atoms with Crippen LogP contribution >= 0.6 is 0 Å². The topological polar surface area (TPSA) is 38.8 Å². The third-order valence-corrected chi connectivity index (χ3v) is 7.36. The Morgan fingerprint density at radius 1 is 1.30 bits per heavy atom. The molecule has 5 aliphatic rings. The maximum atomic E-state index is 11.9. The van der Waals surface area contributed by atoms with Crippen LogP contribution < -0.4 is 0 Å². The summed E-state index contributed by atoms with van der Waals surface area (Å²) in [6.07, 6.45) is 5.78. The molecule has 0 bridgehead atoms. The maximum Gasteiger partial charge on any atom is 0.334 e. The van der Waals surface area contributed by atoms with E-state index in [-0.39, 0.29) is 11.6 Å². The largest absolute Gasteiger partial charge is 0.458 e. The predicted octanol–water partition coefficient (Wildman–Crippen LogP) is 2.85. The number of carbonyl (C=O) groups is 1. The van der Waals surface area contributed by atoms with Gasteiger partial charge < -0.3 is 9.47 Å². The van der Waals surface area contributed by atoms with Crippen LogP contribution in [0.2, 0.25) is 0 Å². The molecule has 108 valence electrons. The van der Waals surface area contributed by atoms with Crippen LogP contribution in [0.3, 0.4) is 0 Å². The highest BCUT2D eigenvalue weighted by Crippen LogP contribution is 2.74. The summed E-state index contributed by atoms with van der Waals surface area (Å²) in [4.78, 5) is 11.9. The Labute approximate surface area is 119 Å². The summed E-state index contributed by atoms with van der Waals surface area (Å²) >= 11 is 0. The summed E-state index contributed by atoms with van der Waals surface area (Å²) < 4.78 is 11.3. The van der Waals surface area contributed by atoms with E-state index >= 15 is 0 Å². The molecule has 0 radical (unpaired) electrons. The first-order valence-corrected chi connectivity index (χ1v) is 8.01. The Morgan fingerprint density at radius 2 is 2.10 bits per heavy atom. The molecule has 2 aliphatic heterocycles. The van der Waals surface area contributed by atoms with Crippen molar-refractivity contribution < 1.29 is 14.3 Å². The molecule has 5 atom stereocenters. The third kappa shape index (κ3) is 1.20. The van der Waals surface area contributed by atoms with Crippen LogP contribution in [0.25, 0.3) is 0 Å². The molecule has 1 unspecified atom stereocenters. The Bertz CT molecular complexity index is 559. The lowest BCUT2D eigenvalue weighted by molar-refractivity contribution is -0.136. The van der Waals surface area contributed by atoms with Crippen LogP contribution in [-0.2, 0) is 14.3 Å². The van der Waals surface area contributed by atoms with Gasteiger partial charge in [0.2, 0.25) is 0 Å². The SMILES string of the molecule is C[C@]12CCC3=C(COC3=O)C1C[C@@H]1C[C@]1(C)[C@@]1(CO1)C2. The molecule has 0 aromatic rings. The minimum Gasteiger partial charge on any atom is -0.458 e. The molecule has 3 aliphatic carbocycles. The number of rotatable bonds is 0. The van der Waals surface area contributed by atoms with E-state index in [1.54, 1.807) is 0 Å². The van der Waals surface area contributed by atoms with Crippen molar-refractivity contribution in [2.45, 2.75) is 51.6 Å². The number of hydrogen-bond acceptors (Lipinski definition) is 3. The Morgan fingerprint density at radius 3 is 2.85 bits per heavy atom. The highest BCUT2D eigenvalue weighted by Gasteiger charge is 2.74. The lowest BCUT2D eigenvalue weighted by atomic mass is 9.61. The standard InChI is InChI=1S/C17H22O3/c1-15-4-3-11-12(7-19-14(11)18)13(15)5-10-6-16(10,2)17(8-15)9-20-17/h10,13H,3-9H2,1-2H3/t10-,13?,15-,16+,17+/m1/s1. The number of ether oxygens (including phenoxy) is 2. The van der Waals surface area contributed by atoms with Gasteiger partial charge in [0.05, 0.1) is 12.2 Å². The van der Waals surface area contributed by atoms with Crippen LogP contribution in [0.4, 0.5) is 0 Å². The van der Waals surface area contributed by atoms with E-state index in [9.17, 15) is 4.79 Å². The molecule has 2 heterocycles. The van der Waals surface area contributed by atoms with Gasteiger partial charge in [-0.3, -0.25) is 0 Å². The van der Waals surface area contributed by atoms with Crippen molar-refractivity contribution >= 4 is 5.97 Å². The summed E-state index contributed by atoms with van der Waals surface area (Å²) in [5, 5.41) is 0. The number of esters is 1. The van der Waals surface area contributed by atoms with Crippen LogP contribution in [0.15, 0.2) is 11.1 Å². The van der Waals surface area contributed by atoms with Gasteiger partial charge in [-0.2, -0.15) is 0 Å². The van der Waals surface area contributed by atoms with Gasteiger partial charge in [-0.15, -0.1) is 0 Å². The van der Waals surface area contributed by atoms with Gasteiger partial charge in [0, 0.05) is 11.0 Å². The second kappa shape index (κ2) is 3.16. The van der Waals surface area contributed by atoms with E-state index in [0.29, 0.717) is 23.4 Å². The summed E-state index contributed by atoms with van der Waals surface area (Å²) in [5.41, 5.74) is 3.25. The van der Waals surface area contributed by atoms with E-state index in [1.807, 2.05) is 0 Å². The molecule has 2 saturated carbocycles. The molecule has 20 heavy (non-hydrogen) atoms. The minimum atomic E-state index is -0.0396. The summed E-state index contributed by atoms with van der Waals surface area (Å²) in [6.45, 7) is 6.38. The van der Waals surface area contributed by atoms with Crippen molar-refractivity contribution in [2.24, 2.45) is 22.7 Å². The first-order chi connectivity index (χ1) is 9.48. The second-order valence-corrected chi connectivity index (χ2v) is 8.30. The zero-order chi connectivity index (χ0) is 13.8. The number of epoxide rings is 1. The van der Waals surface area contributed by atoms with Gasteiger partial charge >= 0.3 is 5.97 Å². The number of cyclic esters (lactones) is 1. The molecule has 0 amide bonds. The molecule has 1 spiro atoms. The van der Waals surface area contributed by atoms with Crippen LogP contribution in [-0.4, -0.2) is 24.8 Å². The maximum absolute atomic E-state index is 11.9. The average molecular weight is 274 g/mol. The Kier molecular flexibility index (Phi) is 1.86. The van der Waals surface area contributed by atoms with E-state index < -0.39 is 0 Å². The van der Waals surface area contributed by atoms with Gasteiger partial charge in [-0.1, -0.05) is 13.8 Å². The summed E-state index contributed by atoms with van der Waals surface area (Å²) in [5.74, 6) is 1.30. The van der Waals surface area contributed by atoms with E-state index in [0.717, 1.165) is 30.9 Å². The molecule has 0 aromatic heterocycles. The smallest absolute Gasteiger partial charge is 0.334 e. The third-order valence-electron chi connectivity index (χ3n) is 7.36. The lowest BCUT2D eigenvalue weighted by Crippen LogP contribution is -2.37. The molecule has 5 rings (SSSR count). The first kappa shape index (κ1) is 11.8. The summed E-state index contributed by atoms with van der Waals surface area (Å²) in [7, 11) is 0. The second-order valence-electron chi connectivity index (χ2n) is 8.30. The van der Waals surface area contributed by atoms with Crippen molar-refractivity contribution in [3.05, 3.63) is 11.1 Å². The zero-order valence-electron chi connectivity index (χ0n) is 12.3. The van der Waals surface area contributed by atoms with Crippen LogP contribution in [0, 0.1) is 22.7 Å². The normalized spacial score (nSPS) is 55.8. The van der Waals surface area contributed by atoms with Crippen molar-refractivity contribution in [1.29, 1.82) is 0 Å². The van der Waals surface area contributed by atoms with E-state index in [2.05, 4.69) is 13.8 Å². The Balaban J connectivity index is 1.60. The van der Waals surface area contributed by atoms with Crippen molar-refractivity contribution in [2.75, 3.05) is 13.2 Å². The highest BCUT2D eigenvalue weighted by molar-refractivity contribution is 5.92. The number of hydrogen-bond donors (Lipinski definition) is 0. The van der Waals surface area contributed by atoms with Gasteiger partial charge in [-0.25, -0.2) is 4.79 Å². The molecule has 3 nitrogen and oxygen atoms in total. The lowest BCUT2D eigenvalue weighted by Gasteiger charge is -2.42. The molecular weight excluding hydrogens is 252 g/mol. The molecule has 3 heteroatoms. The van der Waals surface area contributed by atoms with Gasteiger partial charge in [0.15, 0.2) is 0 Å². The fourth-order valence-electron chi connectivity index (χ4n) is 5.68. The van der Waals surface area contributed by atoms with Gasteiger partial charge in [-0.05, 0) is 54.9 Å². The van der Waals surface area contributed by atoms with Gasteiger partial charge in [0.1, 0.15) is 6.61 Å². The molecular formula is C17H22O3.